The minimum atomic E-state index is -0.879. The van der Waals surface area contributed by atoms with Gasteiger partial charge in [0.05, 0.1) is 5.92 Å². The molecule has 0 heterocycles. The van der Waals surface area contributed by atoms with Crippen LogP contribution in [-0.2, 0) is 11.2 Å². The molecule has 3 nitrogen and oxygen atoms in total. The minimum absolute atomic E-state index is 0.123. The van der Waals surface area contributed by atoms with E-state index in [1.54, 1.807) is 6.07 Å². The highest BCUT2D eigenvalue weighted by atomic mass is 19.2. The molecule has 0 radical (unpaired) electrons. The van der Waals surface area contributed by atoms with Crippen molar-refractivity contribution in [3.63, 3.8) is 0 Å². The predicted molar refractivity (Wildman–Crippen MR) is 73.3 cm³/mol. The third kappa shape index (κ3) is 4.89. The van der Waals surface area contributed by atoms with Gasteiger partial charge in [-0.2, -0.15) is 0 Å². The number of hydrogen-bond donors (Lipinski definition) is 2. The summed E-state index contributed by atoms with van der Waals surface area (Å²) in [4.78, 5) is 10.9. The molecule has 0 fully saturated rings. The van der Waals surface area contributed by atoms with Gasteiger partial charge < -0.3 is 10.8 Å². The molecular formula is C15H21F2NO2. The van der Waals surface area contributed by atoms with Gasteiger partial charge in [-0.15, -0.1) is 0 Å². The third-order valence-electron chi connectivity index (χ3n) is 3.50. The molecule has 20 heavy (non-hydrogen) atoms. The summed E-state index contributed by atoms with van der Waals surface area (Å²) in [6.07, 6.45) is 2.42. The third-order valence-corrected chi connectivity index (χ3v) is 3.50. The number of carboxylic acids is 1. The number of carboxylic acid groups (broad SMARTS) is 1. The van der Waals surface area contributed by atoms with Crippen molar-refractivity contribution in [1.82, 2.24) is 0 Å². The van der Waals surface area contributed by atoms with Crippen molar-refractivity contribution < 1.29 is 18.7 Å². The van der Waals surface area contributed by atoms with Gasteiger partial charge in [0.25, 0.3) is 0 Å². The highest BCUT2D eigenvalue weighted by molar-refractivity contribution is 5.70. The Labute approximate surface area is 117 Å². The lowest BCUT2D eigenvalue weighted by Crippen LogP contribution is -2.25. The van der Waals surface area contributed by atoms with Crippen LogP contribution in [0.2, 0.25) is 0 Å². The van der Waals surface area contributed by atoms with Gasteiger partial charge in [0.15, 0.2) is 11.6 Å². The van der Waals surface area contributed by atoms with Gasteiger partial charge in [0, 0.05) is 6.54 Å². The predicted octanol–water partition coefficient (Wildman–Crippen LogP) is 2.97. The summed E-state index contributed by atoms with van der Waals surface area (Å²) < 4.78 is 26.4. The van der Waals surface area contributed by atoms with Crippen LogP contribution in [0.1, 0.15) is 31.7 Å². The molecule has 0 saturated carbocycles. The summed E-state index contributed by atoms with van der Waals surface area (Å²) in [5.74, 6) is -2.84. The lowest BCUT2D eigenvalue weighted by molar-refractivity contribution is -0.141. The molecule has 0 amide bonds. The fourth-order valence-electron chi connectivity index (χ4n) is 2.28. The first kappa shape index (κ1) is 16.6. The van der Waals surface area contributed by atoms with Crippen molar-refractivity contribution in [3.8, 4) is 0 Å². The Hall–Kier alpha value is -1.49. The molecule has 5 heteroatoms. The first-order valence-electron chi connectivity index (χ1n) is 6.81. The summed E-state index contributed by atoms with van der Waals surface area (Å²) in [6, 6.07) is 4.16. The molecule has 0 aliphatic carbocycles. The van der Waals surface area contributed by atoms with E-state index in [0.29, 0.717) is 24.8 Å². The van der Waals surface area contributed by atoms with Crippen LogP contribution in [0.25, 0.3) is 0 Å². The number of aryl methyl sites for hydroxylation is 1. The second kappa shape index (κ2) is 7.94. The summed E-state index contributed by atoms with van der Waals surface area (Å²) in [5, 5.41) is 8.92. The Bertz CT molecular complexity index is 451. The van der Waals surface area contributed by atoms with Crippen LogP contribution >= 0.6 is 0 Å². The number of rotatable bonds is 8. The topological polar surface area (TPSA) is 63.3 Å². The van der Waals surface area contributed by atoms with Crippen LogP contribution < -0.4 is 5.73 Å². The summed E-state index contributed by atoms with van der Waals surface area (Å²) in [7, 11) is 0. The molecule has 1 rings (SSSR count). The lowest BCUT2D eigenvalue weighted by Gasteiger charge is -2.16. The van der Waals surface area contributed by atoms with E-state index in [-0.39, 0.29) is 12.5 Å². The molecule has 0 aliphatic rings. The number of halogens is 2. The molecule has 2 unspecified atom stereocenters. The fourth-order valence-corrected chi connectivity index (χ4v) is 2.28. The molecule has 1 aromatic rings. The zero-order chi connectivity index (χ0) is 15.1. The Morgan fingerprint density at radius 3 is 2.70 bits per heavy atom. The second-order valence-corrected chi connectivity index (χ2v) is 5.22. The molecule has 0 aromatic heterocycles. The lowest BCUT2D eigenvalue weighted by atomic mass is 9.91. The van der Waals surface area contributed by atoms with E-state index in [9.17, 15) is 13.6 Å². The number of aliphatic carboxylic acids is 1. The largest absolute Gasteiger partial charge is 0.481 e. The van der Waals surface area contributed by atoms with Crippen LogP contribution in [-0.4, -0.2) is 17.6 Å². The molecule has 0 bridgehead atoms. The maximum atomic E-state index is 13.4. The minimum Gasteiger partial charge on any atom is -0.481 e. The smallest absolute Gasteiger partial charge is 0.307 e. The fraction of sp³-hybridized carbons (Fsp3) is 0.533. The number of hydrogen-bond acceptors (Lipinski definition) is 2. The first-order chi connectivity index (χ1) is 9.45. The highest BCUT2D eigenvalue weighted by Gasteiger charge is 2.18. The number of carbonyl (C=O) groups is 1. The van der Waals surface area contributed by atoms with Crippen molar-refractivity contribution in [3.05, 3.63) is 35.4 Å². The van der Waals surface area contributed by atoms with E-state index in [0.717, 1.165) is 12.5 Å². The van der Waals surface area contributed by atoms with E-state index in [2.05, 4.69) is 0 Å². The van der Waals surface area contributed by atoms with Crippen LogP contribution in [0.3, 0.4) is 0 Å². The van der Waals surface area contributed by atoms with Gasteiger partial charge in [-0.3, -0.25) is 4.79 Å². The standard InChI is InChI=1S/C15H21F2NO2/c1-10(8-12(9-18)15(19)20)4-2-5-11-6-3-7-13(16)14(11)17/h3,6-7,10,12H,2,4-5,8-9,18H2,1H3,(H,19,20). The maximum Gasteiger partial charge on any atom is 0.307 e. The van der Waals surface area contributed by atoms with E-state index >= 15 is 0 Å². The Morgan fingerprint density at radius 2 is 2.10 bits per heavy atom. The van der Waals surface area contributed by atoms with Crippen molar-refractivity contribution in [2.75, 3.05) is 6.54 Å². The second-order valence-electron chi connectivity index (χ2n) is 5.22. The average molecular weight is 285 g/mol. The van der Waals surface area contributed by atoms with Crippen LogP contribution in [0, 0.1) is 23.5 Å². The molecule has 0 spiro atoms. The van der Waals surface area contributed by atoms with Crippen molar-refractivity contribution in [2.24, 2.45) is 17.6 Å². The zero-order valence-corrected chi connectivity index (χ0v) is 11.6. The summed E-state index contributed by atoms with van der Waals surface area (Å²) in [5.41, 5.74) is 5.77. The number of benzene rings is 1. The Balaban J connectivity index is 2.40. The summed E-state index contributed by atoms with van der Waals surface area (Å²) in [6.45, 7) is 2.08. The van der Waals surface area contributed by atoms with Gasteiger partial charge in [0.1, 0.15) is 0 Å². The van der Waals surface area contributed by atoms with E-state index in [4.69, 9.17) is 10.8 Å². The van der Waals surface area contributed by atoms with Crippen LogP contribution in [0.4, 0.5) is 8.78 Å². The van der Waals surface area contributed by atoms with Gasteiger partial charge in [0.2, 0.25) is 0 Å². The van der Waals surface area contributed by atoms with Crippen LogP contribution in [0.5, 0.6) is 0 Å². The van der Waals surface area contributed by atoms with Gasteiger partial charge in [-0.1, -0.05) is 25.5 Å². The van der Waals surface area contributed by atoms with Gasteiger partial charge in [-0.25, -0.2) is 8.78 Å². The van der Waals surface area contributed by atoms with Crippen molar-refractivity contribution in [2.45, 2.75) is 32.6 Å². The SMILES string of the molecule is CC(CCCc1cccc(F)c1F)CC(CN)C(=O)O. The zero-order valence-electron chi connectivity index (χ0n) is 11.6. The Kier molecular flexibility index (Phi) is 6.58. The van der Waals surface area contributed by atoms with E-state index in [1.807, 2.05) is 6.92 Å². The molecule has 0 saturated heterocycles. The summed E-state index contributed by atoms with van der Waals surface area (Å²) >= 11 is 0. The number of nitrogens with two attached hydrogens (primary N) is 1. The first-order valence-corrected chi connectivity index (χ1v) is 6.81. The van der Waals surface area contributed by atoms with Gasteiger partial charge in [-0.05, 0) is 36.8 Å². The Morgan fingerprint density at radius 1 is 1.40 bits per heavy atom. The van der Waals surface area contributed by atoms with Gasteiger partial charge >= 0.3 is 5.97 Å². The molecular weight excluding hydrogens is 264 g/mol. The van der Waals surface area contributed by atoms with Crippen LogP contribution in [0.15, 0.2) is 18.2 Å². The normalized spacial score (nSPS) is 14.0. The maximum absolute atomic E-state index is 13.4. The monoisotopic (exact) mass is 285 g/mol. The molecule has 0 aliphatic heterocycles. The van der Waals surface area contributed by atoms with Crippen molar-refractivity contribution >= 4 is 5.97 Å². The molecule has 2 atom stereocenters. The molecule has 112 valence electrons. The molecule has 3 N–H and O–H groups in total. The molecule has 1 aromatic carbocycles. The average Bonchev–Trinajstić information content (AvgIpc) is 2.40. The van der Waals surface area contributed by atoms with Crippen molar-refractivity contribution in [1.29, 1.82) is 0 Å². The highest BCUT2D eigenvalue weighted by Crippen LogP contribution is 2.20. The van der Waals surface area contributed by atoms with E-state index in [1.165, 1.54) is 6.07 Å². The van der Waals surface area contributed by atoms with E-state index < -0.39 is 23.5 Å². The quantitative estimate of drug-likeness (QED) is 0.772.